The van der Waals surface area contributed by atoms with Gasteiger partial charge in [0, 0.05) is 5.92 Å². The first-order valence-electron chi connectivity index (χ1n) is 16.6. The van der Waals surface area contributed by atoms with Crippen LogP contribution in [0.25, 0.3) is 0 Å². The number of carbonyl (C=O) groups excluding carboxylic acids is 6. The van der Waals surface area contributed by atoms with Gasteiger partial charge in [-0.1, -0.05) is 62.4 Å². The van der Waals surface area contributed by atoms with Gasteiger partial charge in [0.05, 0.1) is 47.5 Å². The van der Waals surface area contributed by atoms with Crippen molar-refractivity contribution in [3.8, 4) is 0 Å². The molecule has 3 fully saturated rings. The van der Waals surface area contributed by atoms with Gasteiger partial charge in [-0.05, 0) is 56.7 Å². The van der Waals surface area contributed by atoms with Gasteiger partial charge in [-0.3, -0.25) is 33.7 Å². The van der Waals surface area contributed by atoms with Crippen LogP contribution in [0.3, 0.4) is 0 Å². The number of hydrogen-bond donors (Lipinski definition) is 1. The lowest BCUT2D eigenvalue weighted by molar-refractivity contribution is -0.167. The molecule has 0 radical (unpaired) electrons. The molecular formula is C37H43NO11. The Balaban J connectivity index is 1.56. The summed E-state index contributed by atoms with van der Waals surface area (Å²) in [6, 6.07) is 17.7. The zero-order chi connectivity index (χ0) is 35.5. The molecule has 0 spiro atoms. The van der Waals surface area contributed by atoms with Gasteiger partial charge in [0.15, 0.2) is 0 Å². The van der Waals surface area contributed by atoms with Gasteiger partial charge >= 0.3 is 23.9 Å². The maximum atomic E-state index is 14.2. The first kappa shape index (κ1) is 35.9. The van der Waals surface area contributed by atoms with E-state index in [0.717, 1.165) is 0 Å². The second-order valence-electron chi connectivity index (χ2n) is 13.9. The number of esters is 4. The topological polar surface area (TPSA) is 166 Å². The van der Waals surface area contributed by atoms with Crippen molar-refractivity contribution in [1.29, 1.82) is 0 Å². The lowest BCUT2D eigenvalue weighted by Gasteiger charge is -2.40. The molecule has 12 heteroatoms. The van der Waals surface area contributed by atoms with Crippen LogP contribution < -0.4 is 4.90 Å². The molecule has 49 heavy (non-hydrogen) atoms. The molecule has 3 saturated heterocycles. The number of amides is 2. The SMILES string of the molecule is CC1C(=O)OC(=O)C1CC(C)(CC(C)(CC(c1ccccc1)C1C(=O)N(c2ccccc2)C(=O)C1C)C(=O)OCCO)C(=O)OCC1CO1. The number of aliphatic hydroxyl groups is 1. The Kier molecular flexibility index (Phi) is 10.7. The van der Waals surface area contributed by atoms with Crippen molar-refractivity contribution < 1.29 is 52.8 Å². The van der Waals surface area contributed by atoms with E-state index in [1.165, 1.54) is 4.90 Å². The third-order valence-electron chi connectivity index (χ3n) is 10.0. The quantitative estimate of drug-likeness (QED) is 0.0963. The van der Waals surface area contributed by atoms with Gasteiger partial charge in [0.1, 0.15) is 19.3 Å². The summed E-state index contributed by atoms with van der Waals surface area (Å²) in [5.74, 6) is -7.85. The summed E-state index contributed by atoms with van der Waals surface area (Å²) >= 11 is 0. The lowest BCUT2D eigenvalue weighted by atomic mass is 9.63. The summed E-state index contributed by atoms with van der Waals surface area (Å²) < 4.78 is 21.2. The number of cyclic esters (lactones) is 2. The van der Waals surface area contributed by atoms with Crippen LogP contribution in [-0.4, -0.2) is 73.3 Å². The highest BCUT2D eigenvalue weighted by Gasteiger charge is 2.56. The van der Waals surface area contributed by atoms with Crippen LogP contribution in [0.1, 0.15) is 58.4 Å². The average Bonchev–Trinajstić information content (AvgIpc) is 3.85. The van der Waals surface area contributed by atoms with Gasteiger partial charge in [0.2, 0.25) is 11.8 Å². The number of anilines is 1. The van der Waals surface area contributed by atoms with Gasteiger partial charge < -0.3 is 24.1 Å². The zero-order valence-electron chi connectivity index (χ0n) is 28.2. The number of para-hydroxylation sites is 1. The number of ether oxygens (including phenoxy) is 4. The first-order chi connectivity index (χ1) is 23.3. The number of carbonyl (C=O) groups is 6. The molecule has 0 aliphatic carbocycles. The number of aliphatic hydroxyl groups excluding tert-OH is 1. The fraction of sp³-hybridized carbons (Fsp3) is 0.514. The number of benzene rings is 2. The van der Waals surface area contributed by atoms with E-state index in [0.29, 0.717) is 17.9 Å². The van der Waals surface area contributed by atoms with Crippen LogP contribution in [0, 0.1) is 34.5 Å². The number of rotatable bonds is 15. The first-order valence-corrected chi connectivity index (χ1v) is 16.6. The van der Waals surface area contributed by atoms with E-state index in [4.69, 9.17) is 18.9 Å². The Bertz CT molecular complexity index is 1580. The summed E-state index contributed by atoms with van der Waals surface area (Å²) in [4.78, 5) is 82.2. The van der Waals surface area contributed by atoms with Crippen LogP contribution in [0.2, 0.25) is 0 Å². The fourth-order valence-corrected chi connectivity index (χ4v) is 7.34. The molecule has 262 valence electrons. The van der Waals surface area contributed by atoms with E-state index in [1.54, 1.807) is 70.2 Å². The normalized spacial score (nSPS) is 26.5. The van der Waals surface area contributed by atoms with Gasteiger partial charge in [-0.2, -0.15) is 0 Å². The minimum atomic E-state index is -1.53. The van der Waals surface area contributed by atoms with E-state index in [-0.39, 0.29) is 44.5 Å². The van der Waals surface area contributed by atoms with Crippen molar-refractivity contribution in [3.63, 3.8) is 0 Å². The largest absolute Gasteiger partial charge is 0.463 e. The predicted octanol–water partition coefficient (Wildman–Crippen LogP) is 3.59. The Morgan fingerprint density at radius 2 is 1.49 bits per heavy atom. The summed E-state index contributed by atoms with van der Waals surface area (Å²) in [6.45, 7) is 6.07. The van der Waals surface area contributed by atoms with Crippen LogP contribution >= 0.6 is 0 Å². The van der Waals surface area contributed by atoms with Crippen molar-refractivity contribution in [2.45, 2.75) is 59.0 Å². The molecule has 2 amide bonds. The Hall–Kier alpha value is -4.42. The summed E-state index contributed by atoms with van der Waals surface area (Å²) in [7, 11) is 0. The number of epoxide rings is 1. The van der Waals surface area contributed by atoms with Crippen molar-refractivity contribution in [3.05, 3.63) is 66.2 Å². The van der Waals surface area contributed by atoms with Crippen molar-refractivity contribution in [2.75, 3.05) is 31.3 Å². The summed E-state index contributed by atoms with van der Waals surface area (Å²) in [6.07, 6.45) is -0.681. The van der Waals surface area contributed by atoms with Crippen molar-refractivity contribution in [2.24, 2.45) is 34.5 Å². The van der Waals surface area contributed by atoms with E-state index >= 15 is 0 Å². The Morgan fingerprint density at radius 1 is 0.878 bits per heavy atom. The van der Waals surface area contributed by atoms with Gasteiger partial charge in [-0.15, -0.1) is 0 Å². The molecule has 0 bridgehead atoms. The molecule has 3 aliphatic heterocycles. The third kappa shape index (κ3) is 7.60. The standard InChI is InChI=1S/C37H43NO11/c1-22-27(33(43)49-32(22)42)17-36(3,35(45)48-20-26-19-47-26)21-37(4,34(44)46-16-15-39)18-28(24-11-7-5-8-12-24)29-23(2)30(40)38(31(29)41)25-13-9-6-10-14-25/h5-14,22-23,26-29,39H,15-21H2,1-4H3. The fourth-order valence-electron chi connectivity index (χ4n) is 7.34. The van der Waals surface area contributed by atoms with E-state index < -0.39 is 76.8 Å². The van der Waals surface area contributed by atoms with Crippen molar-refractivity contribution in [1.82, 2.24) is 0 Å². The third-order valence-corrected chi connectivity index (χ3v) is 10.0. The number of hydrogen-bond acceptors (Lipinski definition) is 11. The van der Waals surface area contributed by atoms with Crippen molar-refractivity contribution >= 4 is 41.4 Å². The summed E-state index contributed by atoms with van der Waals surface area (Å²) in [5.41, 5.74) is -1.92. The molecule has 0 saturated carbocycles. The molecule has 3 heterocycles. The minimum Gasteiger partial charge on any atom is -0.463 e. The van der Waals surface area contributed by atoms with E-state index in [2.05, 4.69) is 0 Å². The van der Waals surface area contributed by atoms with Crippen LogP contribution in [0.15, 0.2) is 60.7 Å². The second-order valence-corrected chi connectivity index (χ2v) is 13.9. The van der Waals surface area contributed by atoms with Crippen LogP contribution in [0.4, 0.5) is 5.69 Å². The highest BCUT2D eigenvalue weighted by atomic mass is 16.6. The molecule has 2 aromatic carbocycles. The molecule has 8 atom stereocenters. The maximum absolute atomic E-state index is 14.2. The van der Waals surface area contributed by atoms with Crippen LogP contribution in [0.5, 0.6) is 0 Å². The number of imide groups is 1. The average molecular weight is 678 g/mol. The number of nitrogens with zero attached hydrogens (tertiary/aromatic N) is 1. The molecule has 1 N–H and O–H groups in total. The zero-order valence-corrected chi connectivity index (χ0v) is 28.2. The molecule has 5 rings (SSSR count). The molecule has 2 aromatic rings. The monoisotopic (exact) mass is 677 g/mol. The molecule has 12 nitrogen and oxygen atoms in total. The van der Waals surface area contributed by atoms with Gasteiger partial charge in [-0.25, -0.2) is 0 Å². The molecule has 0 aromatic heterocycles. The van der Waals surface area contributed by atoms with Crippen LogP contribution in [-0.2, 0) is 47.7 Å². The smallest absolute Gasteiger partial charge is 0.317 e. The highest BCUT2D eigenvalue weighted by Crippen LogP contribution is 2.51. The van der Waals surface area contributed by atoms with E-state index in [9.17, 15) is 33.9 Å². The molecule has 3 aliphatic rings. The minimum absolute atomic E-state index is 0.0259. The molecular weight excluding hydrogens is 634 g/mol. The van der Waals surface area contributed by atoms with E-state index in [1.807, 2.05) is 18.2 Å². The predicted molar refractivity (Wildman–Crippen MR) is 173 cm³/mol. The Labute approximate surface area is 285 Å². The molecule has 8 unspecified atom stereocenters. The summed E-state index contributed by atoms with van der Waals surface area (Å²) in [5, 5.41) is 9.54. The van der Waals surface area contributed by atoms with Gasteiger partial charge in [0.25, 0.3) is 0 Å². The lowest BCUT2D eigenvalue weighted by Crippen LogP contribution is -2.44. The second kappa shape index (κ2) is 14.6. The Morgan fingerprint density at radius 3 is 2.06 bits per heavy atom. The maximum Gasteiger partial charge on any atom is 0.317 e. The highest BCUT2D eigenvalue weighted by molar-refractivity contribution is 6.22.